The largest absolute Gasteiger partial charge is 0.462 e. The lowest BCUT2D eigenvalue weighted by Crippen LogP contribution is -2.28. The third-order valence-electron chi connectivity index (χ3n) is 5.70. The van der Waals surface area contributed by atoms with Gasteiger partial charge in [-0.05, 0) is 36.2 Å². The molecule has 0 aliphatic carbocycles. The summed E-state index contributed by atoms with van der Waals surface area (Å²) in [7, 11) is 0. The zero-order valence-electron chi connectivity index (χ0n) is 19.1. The molecule has 0 fully saturated rings. The van der Waals surface area contributed by atoms with Crippen molar-refractivity contribution in [2.24, 2.45) is 5.73 Å². The minimum Gasteiger partial charge on any atom is -0.462 e. The lowest BCUT2D eigenvalue weighted by molar-refractivity contribution is -0.130. The number of hydrogen-bond donors (Lipinski definition) is 1. The summed E-state index contributed by atoms with van der Waals surface area (Å²) in [6.45, 7) is 2.60. The zero-order chi connectivity index (χ0) is 23.6. The molecule has 0 unspecified atom stereocenters. The van der Waals surface area contributed by atoms with Crippen LogP contribution in [0.5, 0.6) is 5.75 Å². The zero-order valence-corrected chi connectivity index (χ0v) is 19.1. The molecule has 0 saturated carbocycles. The van der Waals surface area contributed by atoms with Gasteiger partial charge in [0.05, 0.1) is 23.4 Å². The summed E-state index contributed by atoms with van der Waals surface area (Å²) in [5.41, 5.74) is 7.07. The highest BCUT2D eigenvalue weighted by Crippen LogP contribution is 2.30. The predicted octanol–water partition coefficient (Wildman–Crippen LogP) is 5.46. The number of esters is 2. The summed E-state index contributed by atoms with van der Waals surface area (Å²) in [6, 6.07) is 12.9. The minimum absolute atomic E-state index is 0.0124. The molecule has 2 N–H and O–H groups in total. The van der Waals surface area contributed by atoms with Crippen LogP contribution in [0.4, 0.5) is 0 Å². The Labute approximate surface area is 194 Å². The van der Waals surface area contributed by atoms with E-state index in [1.807, 2.05) is 0 Å². The van der Waals surface area contributed by atoms with Crippen LogP contribution in [0, 0.1) is 0 Å². The molecule has 6 heteroatoms. The van der Waals surface area contributed by atoms with Crippen LogP contribution in [-0.4, -0.2) is 24.3 Å². The molecule has 0 radical (unpaired) electrons. The SMILES string of the molecule is CCCCCCCCCCOC(=O)c1ccc(/C(N)=C2/C(=O)Oc3ccccc3C2=O)cc1. The summed E-state index contributed by atoms with van der Waals surface area (Å²) >= 11 is 0. The second kappa shape index (κ2) is 12.0. The van der Waals surface area contributed by atoms with Crippen molar-refractivity contribution >= 4 is 23.4 Å². The van der Waals surface area contributed by atoms with E-state index >= 15 is 0 Å². The Hall–Kier alpha value is -3.41. The molecule has 1 aliphatic rings. The minimum atomic E-state index is -0.787. The van der Waals surface area contributed by atoms with Gasteiger partial charge in [-0.25, -0.2) is 9.59 Å². The number of Topliss-reactive ketones (excluding diaryl/α,β-unsaturated/α-hetero) is 1. The fraction of sp³-hybridized carbons (Fsp3) is 0.370. The van der Waals surface area contributed by atoms with Crippen LogP contribution in [0.2, 0.25) is 0 Å². The Morgan fingerprint density at radius 3 is 2.15 bits per heavy atom. The summed E-state index contributed by atoms with van der Waals surface area (Å²) in [4.78, 5) is 37.4. The molecule has 0 amide bonds. The van der Waals surface area contributed by atoms with Crippen molar-refractivity contribution in [1.29, 1.82) is 0 Å². The van der Waals surface area contributed by atoms with Gasteiger partial charge in [0, 0.05) is 0 Å². The molecule has 0 bridgehead atoms. The topological polar surface area (TPSA) is 95.7 Å². The van der Waals surface area contributed by atoms with Crippen molar-refractivity contribution in [1.82, 2.24) is 0 Å². The van der Waals surface area contributed by atoms with Crippen LogP contribution in [0.25, 0.3) is 5.70 Å². The van der Waals surface area contributed by atoms with Gasteiger partial charge in [-0.3, -0.25) is 4.79 Å². The number of ketones is 1. The van der Waals surface area contributed by atoms with E-state index < -0.39 is 17.7 Å². The number of nitrogens with two attached hydrogens (primary N) is 1. The van der Waals surface area contributed by atoms with Crippen molar-refractivity contribution in [2.75, 3.05) is 6.61 Å². The third-order valence-corrected chi connectivity index (χ3v) is 5.70. The van der Waals surface area contributed by atoms with Gasteiger partial charge in [-0.1, -0.05) is 76.1 Å². The Morgan fingerprint density at radius 2 is 1.45 bits per heavy atom. The molecule has 2 aromatic rings. The number of unbranched alkanes of at least 4 members (excludes halogenated alkanes) is 7. The number of ether oxygens (including phenoxy) is 2. The summed E-state index contributed by atoms with van der Waals surface area (Å²) < 4.78 is 10.6. The van der Waals surface area contributed by atoms with Crippen LogP contribution in [0.15, 0.2) is 54.1 Å². The van der Waals surface area contributed by atoms with E-state index in [2.05, 4.69) is 6.92 Å². The van der Waals surface area contributed by atoms with Gasteiger partial charge in [0.15, 0.2) is 0 Å². The second-order valence-corrected chi connectivity index (χ2v) is 8.19. The molecule has 1 heterocycles. The van der Waals surface area contributed by atoms with Gasteiger partial charge in [0.25, 0.3) is 0 Å². The van der Waals surface area contributed by atoms with Crippen molar-refractivity contribution in [3.8, 4) is 5.75 Å². The van der Waals surface area contributed by atoms with Gasteiger partial charge in [-0.2, -0.15) is 0 Å². The number of rotatable bonds is 11. The number of carbonyl (C=O) groups is 3. The van der Waals surface area contributed by atoms with Gasteiger partial charge < -0.3 is 15.2 Å². The monoisotopic (exact) mass is 449 g/mol. The van der Waals surface area contributed by atoms with Crippen LogP contribution in [0.3, 0.4) is 0 Å². The molecular weight excluding hydrogens is 418 g/mol. The van der Waals surface area contributed by atoms with Crippen LogP contribution < -0.4 is 10.5 Å². The van der Waals surface area contributed by atoms with E-state index in [4.69, 9.17) is 15.2 Å². The van der Waals surface area contributed by atoms with Crippen molar-refractivity contribution in [2.45, 2.75) is 58.3 Å². The maximum Gasteiger partial charge on any atom is 0.349 e. The first-order valence-electron chi connectivity index (χ1n) is 11.7. The van der Waals surface area contributed by atoms with E-state index in [0.717, 1.165) is 19.3 Å². The first kappa shape index (κ1) is 24.2. The molecule has 0 saturated heterocycles. The van der Waals surface area contributed by atoms with Gasteiger partial charge >= 0.3 is 11.9 Å². The van der Waals surface area contributed by atoms with E-state index in [9.17, 15) is 14.4 Å². The molecule has 1 aliphatic heterocycles. The van der Waals surface area contributed by atoms with Crippen molar-refractivity contribution in [3.05, 3.63) is 70.8 Å². The molecule has 174 valence electrons. The summed E-state index contributed by atoms with van der Waals surface area (Å²) in [6.07, 6.45) is 9.41. The molecular formula is C27H31NO5. The molecule has 33 heavy (non-hydrogen) atoms. The molecule has 3 rings (SSSR count). The lowest BCUT2D eigenvalue weighted by Gasteiger charge is -2.18. The Morgan fingerprint density at radius 1 is 0.848 bits per heavy atom. The maximum absolute atomic E-state index is 12.8. The van der Waals surface area contributed by atoms with E-state index in [0.29, 0.717) is 17.7 Å². The highest BCUT2D eigenvalue weighted by atomic mass is 16.5. The first-order chi connectivity index (χ1) is 16.0. The summed E-state index contributed by atoms with van der Waals surface area (Å²) in [5, 5.41) is 0. The summed E-state index contributed by atoms with van der Waals surface area (Å²) in [5.74, 6) is -1.45. The van der Waals surface area contributed by atoms with E-state index in [1.54, 1.807) is 48.5 Å². The predicted molar refractivity (Wildman–Crippen MR) is 127 cm³/mol. The third kappa shape index (κ3) is 6.31. The highest BCUT2D eigenvalue weighted by Gasteiger charge is 2.33. The average Bonchev–Trinajstić information content (AvgIpc) is 2.83. The fourth-order valence-corrected chi connectivity index (χ4v) is 3.77. The van der Waals surface area contributed by atoms with Crippen LogP contribution in [0.1, 0.15) is 84.6 Å². The van der Waals surface area contributed by atoms with Gasteiger partial charge in [0.1, 0.15) is 11.3 Å². The lowest BCUT2D eigenvalue weighted by atomic mass is 9.95. The van der Waals surface area contributed by atoms with Crippen LogP contribution in [-0.2, 0) is 9.53 Å². The van der Waals surface area contributed by atoms with Crippen LogP contribution >= 0.6 is 0 Å². The Balaban J connectivity index is 1.54. The smallest absolute Gasteiger partial charge is 0.349 e. The maximum atomic E-state index is 12.8. The molecule has 2 aromatic carbocycles. The number of para-hydroxylation sites is 1. The molecule has 0 spiro atoms. The fourth-order valence-electron chi connectivity index (χ4n) is 3.77. The quantitative estimate of drug-likeness (QED) is 0.161. The Bertz CT molecular complexity index is 1020. The van der Waals surface area contributed by atoms with E-state index in [-0.39, 0.29) is 22.6 Å². The first-order valence-corrected chi connectivity index (χ1v) is 11.7. The van der Waals surface area contributed by atoms with Gasteiger partial charge in [0.2, 0.25) is 5.78 Å². The molecule has 0 aromatic heterocycles. The van der Waals surface area contributed by atoms with E-state index in [1.165, 1.54) is 32.1 Å². The number of carbonyl (C=O) groups excluding carboxylic acids is 3. The van der Waals surface area contributed by atoms with Crippen molar-refractivity contribution in [3.63, 3.8) is 0 Å². The van der Waals surface area contributed by atoms with Crippen molar-refractivity contribution < 1.29 is 23.9 Å². The number of fused-ring (bicyclic) bond motifs is 1. The molecule has 0 atom stereocenters. The number of hydrogen-bond acceptors (Lipinski definition) is 6. The highest BCUT2D eigenvalue weighted by molar-refractivity contribution is 6.31. The molecule has 6 nitrogen and oxygen atoms in total. The normalized spacial score (nSPS) is 14.5. The average molecular weight is 450 g/mol. The second-order valence-electron chi connectivity index (χ2n) is 8.19. The number of benzene rings is 2. The van der Waals surface area contributed by atoms with Gasteiger partial charge in [-0.15, -0.1) is 0 Å². The standard InChI is InChI=1S/C27H31NO5/c1-2-3-4-5-6-7-8-11-18-32-26(30)20-16-14-19(15-17-20)24(28)23-25(29)21-12-9-10-13-22(21)33-27(23)31/h9-10,12-17H,2-8,11,18,28H2,1H3/b24-23-. The Kier molecular flexibility index (Phi) is 8.81.